The maximum absolute atomic E-state index is 12.6. The summed E-state index contributed by atoms with van der Waals surface area (Å²) in [5.41, 5.74) is 3.01. The summed E-state index contributed by atoms with van der Waals surface area (Å²) in [5.74, 6) is -0.568. The van der Waals surface area contributed by atoms with E-state index in [1.807, 2.05) is 32.0 Å². The van der Waals surface area contributed by atoms with Gasteiger partial charge < -0.3 is 15.0 Å². The van der Waals surface area contributed by atoms with Crippen molar-refractivity contribution < 1.29 is 19.1 Å². The highest BCUT2D eigenvalue weighted by Gasteiger charge is 2.18. The quantitative estimate of drug-likeness (QED) is 0.765. The molecule has 0 radical (unpaired) electrons. The third-order valence-electron chi connectivity index (χ3n) is 4.25. The standard InChI is InChI=1S/C23H29N3O4/c1-15-8-7-9-16(2)20(15)25-19(27)14-26(6)21(28)17-10-12-18(13-11-17)24-22(29)30-23(3,4)5/h7-13H,14H2,1-6H3,(H,24,29)(H,25,27). The van der Waals surface area contributed by atoms with Crippen molar-refractivity contribution in [3.8, 4) is 0 Å². The Labute approximate surface area is 177 Å². The number of hydrogen-bond acceptors (Lipinski definition) is 4. The maximum Gasteiger partial charge on any atom is 0.412 e. The molecule has 2 aromatic rings. The molecule has 3 amide bonds. The van der Waals surface area contributed by atoms with E-state index in [1.165, 1.54) is 4.90 Å². The third kappa shape index (κ3) is 6.62. The first kappa shape index (κ1) is 22.9. The second-order valence-corrected chi connectivity index (χ2v) is 8.18. The Kier molecular flexibility index (Phi) is 7.21. The highest BCUT2D eigenvalue weighted by Crippen LogP contribution is 2.19. The predicted octanol–water partition coefficient (Wildman–Crippen LogP) is 4.36. The molecular weight excluding hydrogens is 382 g/mol. The van der Waals surface area contributed by atoms with Crippen LogP contribution in [0.1, 0.15) is 42.3 Å². The van der Waals surface area contributed by atoms with Crippen molar-refractivity contribution in [1.29, 1.82) is 0 Å². The number of hydrogen-bond donors (Lipinski definition) is 2. The van der Waals surface area contributed by atoms with E-state index in [0.29, 0.717) is 11.3 Å². The fourth-order valence-corrected chi connectivity index (χ4v) is 2.82. The summed E-state index contributed by atoms with van der Waals surface area (Å²) < 4.78 is 5.20. The van der Waals surface area contributed by atoms with Crippen LogP contribution >= 0.6 is 0 Å². The highest BCUT2D eigenvalue weighted by molar-refractivity contribution is 6.00. The molecule has 0 heterocycles. The zero-order chi connectivity index (χ0) is 22.5. The molecule has 2 aromatic carbocycles. The van der Waals surface area contributed by atoms with Crippen molar-refractivity contribution in [2.75, 3.05) is 24.2 Å². The normalized spacial score (nSPS) is 10.9. The molecule has 7 heteroatoms. The van der Waals surface area contributed by atoms with E-state index in [-0.39, 0.29) is 18.4 Å². The fourth-order valence-electron chi connectivity index (χ4n) is 2.82. The van der Waals surface area contributed by atoms with Gasteiger partial charge in [0.2, 0.25) is 5.91 Å². The third-order valence-corrected chi connectivity index (χ3v) is 4.25. The van der Waals surface area contributed by atoms with Crippen LogP contribution in [0.15, 0.2) is 42.5 Å². The summed E-state index contributed by atoms with van der Waals surface area (Å²) in [4.78, 5) is 38.2. The van der Waals surface area contributed by atoms with E-state index >= 15 is 0 Å². The van der Waals surface area contributed by atoms with Gasteiger partial charge in [0.25, 0.3) is 5.91 Å². The number of amides is 3. The van der Waals surface area contributed by atoms with Gasteiger partial charge in [-0.2, -0.15) is 0 Å². The molecule has 7 nitrogen and oxygen atoms in total. The van der Waals surface area contributed by atoms with Crippen LogP contribution in [0.5, 0.6) is 0 Å². The first-order chi connectivity index (χ1) is 14.0. The number of nitrogens with one attached hydrogen (secondary N) is 2. The molecule has 0 aliphatic carbocycles. The van der Waals surface area contributed by atoms with Gasteiger partial charge in [0.1, 0.15) is 5.60 Å². The Hall–Kier alpha value is -3.35. The summed E-state index contributed by atoms with van der Waals surface area (Å²) in [6.45, 7) is 9.10. The molecule has 0 spiro atoms. The average molecular weight is 412 g/mol. The molecule has 0 aliphatic rings. The lowest BCUT2D eigenvalue weighted by Gasteiger charge is -2.20. The van der Waals surface area contributed by atoms with E-state index < -0.39 is 11.7 Å². The molecule has 30 heavy (non-hydrogen) atoms. The molecule has 0 bridgehead atoms. The number of nitrogens with zero attached hydrogens (tertiary/aromatic N) is 1. The van der Waals surface area contributed by atoms with E-state index in [4.69, 9.17) is 4.74 Å². The molecule has 0 aromatic heterocycles. The van der Waals surface area contributed by atoms with Gasteiger partial charge in [-0.05, 0) is 70.0 Å². The predicted molar refractivity (Wildman–Crippen MR) is 118 cm³/mol. The molecule has 0 saturated heterocycles. The van der Waals surface area contributed by atoms with Crippen molar-refractivity contribution in [3.05, 3.63) is 59.2 Å². The van der Waals surface area contributed by atoms with Crippen LogP contribution in [0.3, 0.4) is 0 Å². The molecule has 0 fully saturated rings. The lowest BCUT2D eigenvalue weighted by atomic mass is 10.1. The smallest absolute Gasteiger partial charge is 0.412 e. The first-order valence-corrected chi connectivity index (χ1v) is 9.68. The Morgan fingerprint density at radius 3 is 2.03 bits per heavy atom. The van der Waals surface area contributed by atoms with Gasteiger partial charge in [-0.3, -0.25) is 14.9 Å². The van der Waals surface area contributed by atoms with Crippen molar-refractivity contribution >= 4 is 29.3 Å². The van der Waals surface area contributed by atoms with E-state index in [1.54, 1.807) is 52.1 Å². The molecule has 0 saturated carbocycles. The van der Waals surface area contributed by atoms with E-state index in [0.717, 1.165) is 16.8 Å². The number of anilines is 2. The number of para-hydroxylation sites is 1. The Bertz CT molecular complexity index is 910. The van der Waals surface area contributed by atoms with Crippen molar-refractivity contribution in [1.82, 2.24) is 4.90 Å². The van der Waals surface area contributed by atoms with Crippen LogP contribution in [0.2, 0.25) is 0 Å². The van der Waals surface area contributed by atoms with Gasteiger partial charge in [-0.1, -0.05) is 18.2 Å². The molecule has 2 N–H and O–H groups in total. The number of likely N-dealkylation sites (N-methyl/N-ethyl adjacent to an activating group) is 1. The Morgan fingerprint density at radius 2 is 1.50 bits per heavy atom. The minimum absolute atomic E-state index is 0.0789. The van der Waals surface area contributed by atoms with Crippen LogP contribution in [-0.2, 0) is 9.53 Å². The second kappa shape index (κ2) is 9.43. The summed E-state index contributed by atoms with van der Waals surface area (Å²) in [6.07, 6.45) is -0.568. The van der Waals surface area contributed by atoms with Crippen LogP contribution in [0.25, 0.3) is 0 Å². The van der Waals surface area contributed by atoms with Gasteiger partial charge in [0.15, 0.2) is 0 Å². The molecule has 160 valence electrons. The summed E-state index contributed by atoms with van der Waals surface area (Å²) in [7, 11) is 1.57. The summed E-state index contributed by atoms with van der Waals surface area (Å²) in [5, 5.41) is 5.48. The molecule has 2 rings (SSSR count). The summed E-state index contributed by atoms with van der Waals surface area (Å²) >= 11 is 0. The lowest BCUT2D eigenvalue weighted by Crippen LogP contribution is -2.35. The van der Waals surface area contributed by atoms with Crippen molar-refractivity contribution in [3.63, 3.8) is 0 Å². The van der Waals surface area contributed by atoms with Gasteiger partial charge in [0, 0.05) is 24.0 Å². The molecule has 0 atom stereocenters. The largest absolute Gasteiger partial charge is 0.444 e. The molecule has 0 aliphatic heterocycles. The SMILES string of the molecule is Cc1cccc(C)c1NC(=O)CN(C)C(=O)c1ccc(NC(=O)OC(C)(C)C)cc1. The van der Waals surface area contributed by atoms with Crippen LogP contribution < -0.4 is 10.6 Å². The maximum atomic E-state index is 12.6. The van der Waals surface area contributed by atoms with Crippen LogP contribution in [-0.4, -0.2) is 42.0 Å². The van der Waals surface area contributed by atoms with Crippen LogP contribution in [0, 0.1) is 13.8 Å². The minimum Gasteiger partial charge on any atom is -0.444 e. The number of rotatable bonds is 5. The lowest BCUT2D eigenvalue weighted by molar-refractivity contribution is -0.116. The number of ether oxygens (including phenoxy) is 1. The first-order valence-electron chi connectivity index (χ1n) is 9.68. The Morgan fingerprint density at radius 1 is 0.933 bits per heavy atom. The fraction of sp³-hybridized carbons (Fsp3) is 0.348. The van der Waals surface area contributed by atoms with Gasteiger partial charge >= 0.3 is 6.09 Å². The highest BCUT2D eigenvalue weighted by atomic mass is 16.6. The van der Waals surface area contributed by atoms with E-state index in [2.05, 4.69) is 10.6 Å². The number of benzene rings is 2. The minimum atomic E-state index is -0.597. The number of carbonyl (C=O) groups is 3. The summed E-state index contributed by atoms with van der Waals surface area (Å²) in [6, 6.07) is 12.2. The molecule has 0 unspecified atom stereocenters. The monoisotopic (exact) mass is 411 g/mol. The topological polar surface area (TPSA) is 87.7 Å². The molecular formula is C23H29N3O4. The zero-order valence-corrected chi connectivity index (χ0v) is 18.3. The number of aryl methyl sites for hydroxylation is 2. The number of carbonyl (C=O) groups excluding carboxylic acids is 3. The van der Waals surface area contributed by atoms with Gasteiger partial charge in [-0.15, -0.1) is 0 Å². The van der Waals surface area contributed by atoms with Crippen molar-refractivity contribution in [2.45, 2.75) is 40.2 Å². The van der Waals surface area contributed by atoms with E-state index in [9.17, 15) is 14.4 Å². The second-order valence-electron chi connectivity index (χ2n) is 8.18. The van der Waals surface area contributed by atoms with Crippen LogP contribution in [0.4, 0.5) is 16.2 Å². The average Bonchev–Trinajstić information content (AvgIpc) is 2.63. The van der Waals surface area contributed by atoms with Crippen molar-refractivity contribution in [2.24, 2.45) is 0 Å². The van der Waals surface area contributed by atoms with Gasteiger partial charge in [-0.25, -0.2) is 4.79 Å². The Balaban J connectivity index is 1.95. The van der Waals surface area contributed by atoms with Gasteiger partial charge in [0.05, 0.1) is 6.54 Å². The zero-order valence-electron chi connectivity index (χ0n) is 18.3.